The molecule has 1 aromatic heterocycles. The molecular weight excluding hydrogens is 222 g/mol. The SMILES string of the molecule is CNc1ncnc(-c2ccccc2C)c1C(C)C. The number of nitrogens with one attached hydrogen (secondary N) is 1. The second kappa shape index (κ2) is 5.17. The Kier molecular flexibility index (Phi) is 3.60. The number of hydrogen-bond donors (Lipinski definition) is 1. The first-order valence-electron chi connectivity index (χ1n) is 6.23. The van der Waals surface area contributed by atoms with Gasteiger partial charge in [0.1, 0.15) is 12.1 Å². The van der Waals surface area contributed by atoms with Crippen molar-refractivity contribution >= 4 is 5.82 Å². The zero-order chi connectivity index (χ0) is 13.1. The van der Waals surface area contributed by atoms with E-state index >= 15 is 0 Å². The lowest BCUT2D eigenvalue weighted by Gasteiger charge is -2.16. The van der Waals surface area contributed by atoms with Gasteiger partial charge in [-0.2, -0.15) is 0 Å². The van der Waals surface area contributed by atoms with Gasteiger partial charge in [0.05, 0.1) is 5.69 Å². The highest BCUT2D eigenvalue weighted by Gasteiger charge is 2.16. The molecule has 94 valence electrons. The lowest BCUT2D eigenvalue weighted by molar-refractivity contribution is 0.852. The molecule has 0 fully saturated rings. The Morgan fingerprint density at radius 3 is 2.44 bits per heavy atom. The van der Waals surface area contributed by atoms with Crippen molar-refractivity contribution in [3.05, 3.63) is 41.7 Å². The number of nitrogens with zero attached hydrogens (tertiary/aromatic N) is 2. The molecule has 3 nitrogen and oxygen atoms in total. The summed E-state index contributed by atoms with van der Waals surface area (Å²) in [6.45, 7) is 6.45. The summed E-state index contributed by atoms with van der Waals surface area (Å²) < 4.78 is 0. The van der Waals surface area contributed by atoms with E-state index in [1.165, 1.54) is 16.7 Å². The Morgan fingerprint density at radius 1 is 1.11 bits per heavy atom. The van der Waals surface area contributed by atoms with E-state index in [1.807, 2.05) is 19.2 Å². The first-order valence-corrected chi connectivity index (χ1v) is 6.23. The molecule has 0 bridgehead atoms. The molecule has 2 rings (SSSR count). The summed E-state index contributed by atoms with van der Waals surface area (Å²) in [5.41, 5.74) is 4.62. The molecule has 0 amide bonds. The fourth-order valence-corrected chi connectivity index (χ4v) is 2.19. The summed E-state index contributed by atoms with van der Waals surface area (Å²) in [5.74, 6) is 1.29. The van der Waals surface area contributed by atoms with Crippen molar-refractivity contribution in [1.82, 2.24) is 9.97 Å². The van der Waals surface area contributed by atoms with E-state index in [0.717, 1.165) is 11.5 Å². The second-order valence-electron chi connectivity index (χ2n) is 4.70. The van der Waals surface area contributed by atoms with Crippen molar-refractivity contribution in [2.75, 3.05) is 12.4 Å². The van der Waals surface area contributed by atoms with E-state index in [0.29, 0.717) is 5.92 Å². The molecule has 2 aromatic rings. The number of rotatable bonds is 3. The van der Waals surface area contributed by atoms with Crippen molar-refractivity contribution in [2.45, 2.75) is 26.7 Å². The van der Waals surface area contributed by atoms with Crippen LogP contribution in [0.5, 0.6) is 0 Å². The van der Waals surface area contributed by atoms with E-state index in [9.17, 15) is 0 Å². The van der Waals surface area contributed by atoms with Gasteiger partial charge in [0.15, 0.2) is 0 Å². The monoisotopic (exact) mass is 241 g/mol. The summed E-state index contributed by atoms with van der Waals surface area (Å²) >= 11 is 0. The van der Waals surface area contributed by atoms with E-state index in [2.05, 4.69) is 48.2 Å². The molecule has 1 heterocycles. The summed E-state index contributed by atoms with van der Waals surface area (Å²) in [5, 5.41) is 3.16. The average Bonchev–Trinajstić information content (AvgIpc) is 2.38. The van der Waals surface area contributed by atoms with Crippen molar-refractivity contribution in [3.63, 3.8) is 0 Å². The zero-order valence-electron chi connectivity index (χ0n) is 11.4. The molecule has 1 aromatic carbocycles. The van der Waals surface area contributed by atoms with Gasteiger partial charge < -0.3 is 5.32 Å². The second-order valence-corrected chi connectivity index (χ2v) is 4.70. The number of aromatic nitrogens is 2. The van der Waals surface area contributed by atoms with Gasteiger partial charge in [-0.15, -0.1) is 0 Å². The highest BCUT2D eigenvalue weighted by molar-refractivity contribution is 5.71. The molecule has 3 heteroatoms. The lowest BCUT2D eigenvalue weighted by atomic mass is 9.95. The van der Waals surface area contributed by atoms with Crippen LogP contribution >= 0.6 is 0 Å². The Morgan fingerprint density at radius 2 is 1.83 bits per heavy atom. The van der Waals surface area contributed by atoms with Crippen LogP contribution in [0.15, 0.2) is 30.6 Å². The van der Waals surface area contributed by atoms with Gasteiger partial charge >= 0.3 is 0 Å². The Hall–Kier alpha value is -1.90. The van der Waals surface area contributed by atoms with Gasteiger partial charge in [-0.1, -0.05) is 38.1 Å². The number of benzene rings is 1. The molecule has 0 spiro atoms. The largest absolute Gasteiger partial charge is 0.373 e. The maximum atomic E-state index is 4.49. The minimum Gasteiger partial charge on any atom is -0.373 e. The van der Waals surface area contributed by atoms with Gasteiger partial charge in [-0.05, 0) is 18.4 Å². The van der Waals surface area contributed by atoms with Crippen LogP contribution in [0.2, 0.25) is 0 Å². The van der Waals surface area contributed by atoms with Crippen molar-refractivity contribution in [2.24, 2.45) is 0 Å². The normalized spacial score (nSPS) is 10.7. The van der Waals surface area contributed by atoms with E-state index in [4.69, 9.17) is 0 Å². The highest BCUT2D eigenvalue weighted by Crippen LogP contribution is 2.32. The van der Waals surface area contributed by atoms with Gasteiger partial charge in [0.2, 0.25) is 0 Å². The molecule has 0 radical (unpaired) electrons. The minimum absolute atomic E-state index is 0.378. The quantitative estimate of drug-likeness (QED) is 0.892. The number of anilines is 1. The summed E-state index contributed by atoms with van der Waals surface area (Å²) in [6, 6.07) is 8.32. The topological polar surface area (TPSA) is 37.8 Å². The van der Waals surface area contributed by atoms with Crippen LogP contribution in [0.1, 0.15) is 30.9 Å². The smallest absolute Gasteiger partial charge is 0.133 e. The van der Waals surface area contributed by atoms with E-state index in [1.54, 1.807) is 6.33 Å². The van der Waals surface area contributed by atoms with Crippen LogP contribution in [0, 0.1) is 6.92 Å². The Balaban J connectivity index is 2.68. The first-order chi connectivity index (χ1) is 8.65. The van der Waals surface area contributed by atoms with Gasteiger partial charge in [0, 0.05) is 18.2 Å². The molecule has 0 saturated carbocycles. The minimum atomic E-state index is 0.378. The lowest BCUT2D eigenvalue weighted by Crippen LogP contribution is -2.05. The fourth-order valence-electron chi connectivity index (χ4n) is 2.19. The van der Waals surface area contributed by atoms with Crippen molar-refractivity contribution < 1.29 is 0 Å². The van der Waals surface area contributed by atoms with E-state index in [-0.39, 0.29) is 0 Å². The van der Waals surface area contributed by atoms with Crippen molar-refractivity contribution in [1.29, 1.82) is 0 Å². The molecule has 0 aliphatic carbocycles. The molecule has 0 aliphatic heterocycles. The molecule has 18 heavy (non-hydrogen) atoms. The fraction of sp³-hybridized carbons (Fsp3) is 0.333. The van der Waals surface area contributed by atoms with Crippen molar-refractivity contribution in [3.8, 4) is 11.3 Å². The molecule has 0 aliphatic rings. The van der Waals surface area contributed by atoms with Gasteiger partial charge in [-0.25, -0.2) is 9.97 Å². The predicted molar refractivity (Wildman–Crippen MR) is 75.8 cm³/mol. The first kappa shape index (κ1) is 12.6. The summed E-state index contributed by atoms with van der Waals surface area (Å²) in [4.78, 5) is 8.80. The van der Waals surface area contributed by atoms with Crippen LogP contribution < -0.4 is 5.32 Å². The zero-order valence-corrected chi connectivity index (χ0v) is 11.4. The Labute approximate surface area is 108 Å². The standard InChI is InChI=1S/C15H19N3/c1-10(2)13-14(17-9-18-15(13)16-4)12-8-6-5-7-11(12)3/h5-10H,1-4H3,(H,16,17,18). The van der Waals surface area contributed by atoms with Crippen LogP contribution in [0.4, 0.5) is 5.82 Å². The average molecular weight is 241 g/mol. The molecule has 1 N–H and O–H groups in total. The highest BCUT2D eigenvalue weighted by atomic mass is 15.0. The Bertz CT molecular complexity index is 547. The molecule has 0 atom stereocenters. The third-order valence-electron chi connectivity index (χ3n) is 3.10. The van der Waals surface area contributed by atoms with Gasteiger partial charge in [0.25, 0.3) is 0 Å². The van der Waals surface area contributed by atoms with Crippen LogP contribution in [-0.4, -0.2) is 17.0 Å². The van der Waals surface area contributed by atoms with E-state index < -0.39 is 0 Å². The molecule has 0 saturated heterocycles. The molecular formula is C15H19N3. The predicted octanol–water partition coefficient (Wildman–Crippen LogP) is 3.62. The maximum Gasteiger partial charge on any atom is 0.133 e. The van der Waals surface area contributed by atoms with Crippen LogP contribution in [-0.2, 0) is 0 Å². The van der Waals surface area contributed by atoms with Crippen LogP contribution in [0.25, 0.3) is 11.3 Å². The summed E-state index contributed by atoms with van der Waals surface area (Å²) in [6.07, 6.45) is 1.62. The molecule has 0 unspecified atom stereocenters. The maximum absolute atomic E-state index is 4.49. The van der Waals surface area contributed by atoms with Gasteiger partial charge in [-0.3, -0.25) is 0 Å². The number of aryl methyl sites for hydroxylation is 1. The summed E-state index contributed by atoms with van der Waals surface area (Å²) in [7, 11) is 1.90. The number of hydrogen-bond acceptors (Lipinski definition) is 3. The van der Waals surface area contributed by atoms with Crippen LogP contribution in [0.3, 0.4) is 0 Å². The third-order valence-corrected chi connectivity index (χ3v) is 3.10. The third kappa shape index (κ3) is 2.21.